The van der Waals surface area contributed by atoms with Crippen LogP contribution in [0.5, 0.6) is 0 Å². The van der Waals surface area contributed by atoms with Crippen LogP contribution in [-0.2, 0) is 9.53 Å². The van der Waals surface area contributed by atoms with E-state index in [-0.39, 0.29) is 5.97 Å². The molecule has 1 saturated carbocycles. The number of hydrogen-bond donors (Lipinski definition) is 1. The lowest BCUT2D eigenvalue weighted by Gasteiger charge is -2.26. The number of rotatable bonds is 3. The standard InChI is InChI=1S/C12H23NO2/c1-9-4-6-10(7-5-9)8-15-11(14)12(2,3)13/h9-10H,4-8,13H2,1-3H3/t9-,10-. The summed E-state index contributed by atoms with van der Waals surface area (Å²) in [5.74, 6) is 1.09. The second-order valence-electron chi connectivity index (χ2n) is 5.45. The Kier molecular flexibility index (Phi) is 4.14. The van der Waals surface area contributed by atoms with Crippen LogP contribution in [0.25, 0.3) is 0 Å². The van der Waals surface area contributed by atoms with Gasteiger partial charge in [-0.15, -0.1) is 0 Å². The van der Waals surface area contributed by atoms with Crippen LogP contribution < -0.4 is 5.73 Å². The molecular formula is C12H23NO2. The lowest BCUT2D eigenvalue weighted by molar-refractivity contribution is -0.150. The summed E-state index contributed by atoms with van der Waals surface area (Å²) in [6.45, 7) is 6.19. The highest BCUT2D eigenvalue weighted by molar-refractivity contribution is 5.79. The second kappa shape index (κ2) is 4.97. The van der Waals surface area contributed by atoms with Crippen LogP contribution in [0.15, 0.2) is 0 Å². The molecule has 0 heterocycles. The van der Waals surface area contributed by atoms with Crippen LogP contribution in [0.2, 0.25) is 0 Å². The van der Waals surface area contributed by atoms with Gasteiger partial charge in [0.1, 0.15) is 5.54 Å². The van der Waals surface area contributed by atoms with Gasteiger partial charge >= 0.3 is 5.97 Å². The van der Waals surface area contributed by atoms with Crippen molar-refractivity contribution in [2.45, 2.75) is 52.0 Å². The third-order valence-electron chi connectivity index (χ3n) is 3.11. The number of ether oxygens (including phenoxy) is 1. The number of esters is 1. The van der Waals surface area contributed by atoms with Crippen molar-refractivity contribution in [3.63, 3.8) is 0 Å². The van der Waals surface area contributed by atoms with Crippen molar-refractivity contribution in [2.75, 3.05) is 6.61 Å². The van der Waals surface area contributed by atoms with Gasteiger partial charge in [0.05, 0.1) is 6.61 Å². The normalized spacial score (nSPS) is 27.5. The summed E-state index contributed by atoms with van der Waals surface area (Å²) in [4.78, 5) is 11.4. The summed E-state index contributed by atoms with van der Waals surface area (Å²) in [7, 11) is 0. The van der Waals surface area contributed by atoms with Crippen LogP contribution in [0.3, 0.4) is 0 Å². The predicted octanol–water partition coefficient (Wildman–Crippen LogP) is 2.09. The predicted molar refractivity (Wildman–Crippen MR) is 60.3 cm³/mol. The van der Waals surface area contributed by atoms with E-state index in [0.29, 0.717) is 12.5 Å². The van der Waals surface area contributed by atoms with Gasteiger partial charge in [-0.1, -0.05) is 19.8 Å². The van der Waals surface area contributed by atoms with Gasteiger partial charge in [0.2, 0.25) is 0 Å². The van der Waals surface area contributed by atoms with E-state index in [1.807, 2.05) is 0 Å². The molecule has 0 saturated heterocycles. The first-order valence-corrected chi connectivity index (χ1v) is 5.85. The molecular weight excluding hydrogens is 190 g/mol. The van der Waals surface area contributed by atoms with Gasteiger partial charge in [0, 0.05) is 0 Å². The Morgan fingerprint density at radius 1 is 1.33 bits per heavy atom. The van der Waals surface area contributed by atoms with E-state index in [2.05, 4.69) is 6.92 Å². The minimum Gasteiger partial charge on any atom is -0.464 e. The first-order chi connectivity index (χ1) is 6.89. The van der Waals surface area contributed by atoms with Gasteiger partial charge in [-0.2, -0.15) is 0 Å². The van der Waals surface area contributed by atoms with Gasteiger partial charge in [0.25, 0.3) is 0 Å². The first kappa shape index (κ1) is 12.5. The summed E-state index contributed by atoms with van der Waals surface area (Å²) in [6, 6.07) is 0. The highest BCUT2D eigenvalue weighted by Gasteiger charge is 2.26. The molecule has 0 radical (unpaired) electrons. The van der Waals surface area contributed by atoms with E-state index in [9.17, 15) is 4.79 Å². The van der Waals surface area contributed by atoms with E-state index in [0.717, 1.165) is 5.92 Å². The summed E-state index contributed by atoms with van der Waals surface area (Å²) >= 11 is 0. The van der Waals surface area contributed by atoms with Gasteiger partial charge in [0.15, 0.2) is 0 Å². The fourth-order valence-corrected chi connectivity index (χ4v) is 1.88. The Labute approximate surface area is 92.4 Å². The van der Waals surface area contributed by atoms with Crippen molar-refractivity contribution in [3.05, 3.63) is 0 Å². The molecule has 1 rings (SSSR count). The Hall–Kier alpha value is -0.570. The van der Waals surface area contributed by atoms with Crippen molar-refractivity contribution in [1.29, 1.82) is 0 Å². The van der Waals surface area contributed by atoms with Gasteiger partial charge in [-0.3, -0.25) is 4.79 Å². The maximum atomic E-state index is 11.4. The molecule has 1 aliphatic carbocycles. The summed E-state index contributed by atoms with van der Waals surface area (Å²) < 4.78 is 5.22. The zero-order valence-electron chi connectivity index (χ0n) is 10.1. The van der Waals surface area contributed by atoms with E-state index < -0.39 is 5.54 Å². The molecule has 0 unspecified atom stereocenters. The van der Waals surface area contributed by atoms with Crippen LogP contribution in [-0.4, -0.2) is 18.1 Å². The van der Waals surface area contributed by atoms with Crippen molar-refractivity contribution < 1.29 is 9.53 Å². The van der Waals surface area contributed by atoms with Gasteiger partial charge in [-0.25, -0.2) is 0 Å². The molecule has 0 aromatic heterocycles. The van der Waals surface area contributed by atoms with Gasteiger partial charge in [-0.05, 0) is 38.5 Å². The molecule has 0 aromatic rings. The van der Waals surface area contributed by atoms with Gasteiger partial charge < -0.3 is 10.5 Å². The zero-order chi connectivity index (χ0) is 11.5. The molecule has 2 N–H and O–H groups in total. The van der Waals surface area contributed by atoms with Crippen LogP contribution >= 0.6 is 0 Å². The fourth-order valence-electron chi connectivity index (χ4n) is 1.88. The van der Waals surface area contributed by atoms with Crippen LogP contribution in [0, 0.1) is 11.8 Å². The third-order valence-corrected chi connectivity index (χ3v) is 3.11. The Morgan fingerprint density at radius 3 is 2.33 bits per heavy atom. The zero-order valence-corrected chi connectivity index (χ0v) is 10.1. The molecule has 15 heavy (non-hydrogen) atoms. The minimum absolute atomic E-state index is 0.291. The Balaban J connectivity index is 2.23. The Morgan fingerprint density at radius 2 is 1.87 bits per heavy atom. The SMILES string of the molecule is CC(C)(N)C(=O)OC[C@H]1CC[C@H](C)CC1. The quantitative estimate of drug-likeness (QED) is 0.730. The molecule has 1 aliphatic rings. The van der Waals surface area contributed by atoms with Crippen molar-refractivity contribution in [1.82, 2.24) is 0 Å². The van der Waals surface area contributed by atoms with Crippen molar-refractivity contribution in [2.24, 2.45) is 17.6 Å². The Bertz CT molecular complexity index is 212. The van der Waals surface area contributed by atoms with Crippen molar-refractivity contribution in [3.8, 4) is 0 Å². The topological polar surface area (TPSA) is 52.3 Å². The lowest BCUT2D eigenvalue weighted by Crippen LogP contribution is -2.43. The largest absolute Gasteiger partial charge is 0.464 e. The molecule has 88 valence electrons. The summed E-state index contributed by atoms with van der Waals surface area (Å²) in [5, 5.41) is 0. The van der Waals surface area contributed by atoms with E-state index in [1.54, 1.807) is 13.8 Å². The maximum Gasteiger partial charge on any atom is 0.325 e. The number of hydrogen-bond acceptors (Lipinski definition) is 3. The van der Waals surface area contributed by atoms with E-state index >= 15 is 0 Å². The maximum absolute atomic E-state index is 11.4. The smallest absolute Gasteiger partial charge is 0.325 e. The molecule has 1 fully saturated rings. The van der Waals surface area contributed by atoms with E-state index in [4.69, 9.17) is 10.5 Å². The van der Waals surface area contributed by atoms with E-state index in [1.165, 1.54) is 25.7 Å². The average molecular weight is 213 g/mol. The minimum atomic E-state index is -0.859. The first-order valence-electron chi connectivity index (χ1n) is 5.85. The van der Waals surface area contributed by atoms with Crippen molar-refractivity contribution >= 4 is 5.97 Å². The average Bonchev–Trinajstić information content (AvgIpc) is 2.15. The molecule has 0 atom stereocenters. The summed E-state index contributed by atoms with van der Waals surface area (Å²) in [5.41, 5.74) is 4.78. The van der Waals surface area contributed by atoms with Crippen LogP contribution in [0.4, 0.5) is 0 Å². The lowest BCUT2D eigenvalue weighted by atomic mass is 9.83. The highest BCUT2D eigenvalue weighted by atomic mass is 16.5. The molecule has 3 nitrogen and oxygen atoms in total. The number of nitrogens with two attached hydrogens (primary N) is 1. The molecule has 0 bridgehead atoms. The monoisotopic (exact) mass is 213 g/mol. The fraction of sp³-hybridized carbons (Fsp3) is 0.917. The highest BCUT2D eigenvalue weighted by Crippen LogP contribution is 2.28. The molecule has 0 aromatic carbocycles. The molecule has 3 heteroatoms. The molecule has 0 spiro atoms. The molecule has 0 amide bonds. The summed E-state index contributed by atoms with van der Waals surface area (Å²) in [6.07, 6.45) is 4.88. The number of carbonyl (C=O) groups is 1. The molecule has 0 aliphatic heterocycles. The van der Waals surface area contributed by atoms with Crippen LogP contribution in [0.1, 0.15) is 46.5 Å². The second-order valence-corrected chi connectivity index (χ2v) is 5.45. The third kappa shape index (κ3) is 4.20. The number of carbonyl (C=O) groups excluding carboxylic acids is 1.